The minimum atomic E-state index is 0. The standard InChI is InChI=1S/C14H25N3O.HI/c15-14(17-5-7-18-8-6-17)16-4-3-13-10-11-1-2-12(13)9-11;/h11-13H,1-10H2,(H2,15,16);1H. The molecule has 0 spiro atoms. The molecule has 2 saturated carbocycles. The Morgan fingerprint density at radius 2 is 2.00 bits per heavy atom. The molecule has 3 aliphatic rings. The van der Waals surface area contributed by atoms with Crippen LogP contribution in [0.2, 0.25) is 0 Å². The summed E-state index contributed by atoms with van der Waals surface area (Å²) in [6, 6.07) is 0. The van der Waals surface area contributed by atoms with Gasteiger partial charge in [-0.25, -0.2) is 0 Å². The van der Waals surface area contributed by atoms with E-state index in [4.69, 9.17) is 10.5 Å². The molecule has 3 fully saturated rings. The molecule has 3 atom stereocenters. The Labute approximate surface area is 133 Å². The summed E-state index contributed by atoms with van der Waals surface area (Å²) in [7, 11) is 0. The van der Waals surface area contributed by atoms with E-state index in [1.54, 1.807) is 0 Å². The van der Waals surface area contributed by atoms with Gasteiger partial charge in [0.1, 0.15) is 0 Å². The zero-order valence-electron chi connectivity index (χ0n) is 11.6. The van der Waals surface area contributed by atoms with Crippen molar-refractivity contribution in [2.45, 2.75) is 32.1 Å². The number of morpholine rings is 1. The maximum atomic E-state index is 6.03. The predicted molar refractivity (Wildman–Crippen MR) is 87.9 cm³/mol. The smallest absolute Gasteiger partial charge is 0.191 e. The summed E-state index contributed by atoms with van der Waals surface area (Å²) in [6.07, 6.45) is 7.15. The van der Waals surface area contributed by atoms with Gasteiger partial charge in [-0.1, -0.05) is 6.42 Å². The third-order valence-electron chi connectivity index (χ3n) is 4.99. The fourth-order valence-electron chi connectivity index (χ4n) is 3.97. The van der Waals surface area contributed by atoms with Crippen molar-refractivity contribution in [3.63, 3.8) is 0 Å². The van der Waals surface area contributed by atoms with Crippen molar-refractivity contribution < 1.29 is 4.74 Å². The number of halogens is 1. The van der Waals surface area contributed by atoms with Crippen LogP contribution >= 0.6 is 24.0 Å². The van der Waals surface area contributed by atoms with Gasteiger partial charge < -0.3 is 15.4 Å². The van der Waals surface area contributed by atoms with Crippen LogP contribution in [0.3, 0.4) is 0 Å². The van der Waals surface area contributed by atoms with Crippen LogP contribution in [0.1, 0.15) is 32.1 Å². The van der Waals surface area contributed by atoms with Crippen molar-refractivity contribution in [2.75, 3.05) is 32.8 Å². The Kier molecular flexibility index (Phi) is 5.74. The largest absolute Gasteiger partial charge is 0.378 e. The van der Waals surface area contributed by atoms with Gasteiger partial charge in [-0.15, -0.1) is 24.0 Å². The van der Waals surface area contributed by atoms with E-state index in [0.29, 0.717) is 0 Å². The van der Waals surface area contributed by atoms with E-state index in [2.05, 4.69) is 9.89 Å². The summed E-state index contributed by atoms with van der Waals surface area (Å²) in [6.45, 7) is 4.26. The van der Waals surface area contributed by atoms with E-state index >= 15 is 0 Å². The molecule has 19 heavy (non-hydrogen) atoms. The van der Waals surface area contributed by atoms with Gasteiger partial charge in [0, 0.05) is 19.6 Å². The molecule has 0 amide bonds. The summed E-state index contributed by atoms with van der Waals surface area (Å²) >= 11 is 0. The van der Waals surface area contributed by atoms with Crippen LogP contribution in [0, 0.1) is 17.8 Å². The van der Waals surface area contributed by atoms with Gasteiger partial charge in [0.05, 0.1) is 13.2 Å². The van der Waals surface area contributed by atoms with Gasteiger partial charge >= 0.3 is 0 Å². The Bertz CT molecular complexity index is 318. The average Bonchev–Trinajstić information content (AvgIpc) is 3.02. The topological polar surface area (TPSA) is 50.8 Å². The predicted octanol–water partition coefficient (Wildman–Crippen LogP) is 2.08. The molecule has 0 aromatic heterocycles. The van der Waals surface area contributed by atoms with Crippen LogP contribution in [0.5, 0.6) is 0 Å². The van der Waals surface area contributed by atoms with Crippen molar-refractivity contribution in [2.24, 2.45) is 28.5 Å². The fourth-order valence-corrected chi connectivity index (χ4v) is 3.97. The molecule has 0 aromatic rings. The highest BCUT2D eigenvalue weighted by molar-refractivity contribution is 14.0. The molecule has 1 heterocycles. The van der Waals surface area contributed by atoms with Crippen molar-refractivity contribution in [1.82, 2.24) is 4.90 Å². The first kappa shape index (κ1) is 15.4. The number of hydrogen-bond donors (Lipinski definition) is 1. The number of aliphatic imine (C=N–C) groups is 1. The van der Waals surface area contributed by atoms with E-state index in [1.807, 2.05) is 0 Å². The molecule has 4 nitrogen and oxygen atoms in total. The number of rotatable bonds is 3. The normalized spacial score (nSPS) is 34.4. The monoisotopic (exact) mass is 379 g/mol. The van der Waals surface area contributed by atoms with Crippen LogP contribution < -0.4 is 5.73 Å². The molecular weight excluding hydrogens is 353 g/mol. The second-order valence-electron chi connectivity index (χ2n) is 6.06. The highest BCUT2D eigenvalue weighted by atomic mass is 127. The number of hydrogen-bond acceptors (Lipinski definition) is 2. The van der Waals surface area contributed by atoms with Crippen molar-refractivity contribution in [3.8, 4) is 0 Å². The lowest BCUT2D eigenvalue weighted by molar-refractivity contribution is 0.0674. The van der Waals surface area contributed by atoms with Gasteiger partial charge in [-0.2, -0.15) is 0 Å². The van der Waals surface area contributed by atoms with Crippen LogP contribution in [0.4, 0.5) is 0 Å². The van der Waals surface area contributed by atoms with E-state index in [-0.39, 0.29) is 24.0 Å². The highest BCUT2D eigenvalue weighted by Gasteiger charge is 2.38. The lowest BCUT2D eigenvalue weighted by atomic mass is 9.86. The molecule has 3 unspecified atom stereocenters. The summed E-state index contributed by atoms with van der Waals surface area (Å²) in [5.74, 6) is 3.71. The first-order chi connectivity index (χ1) is 8.83. The molecule has 3 rings (SSSR count). The third kappa shape index (κ3) is 3.74. The molecule has 0 radical (unpaired) electrons. The lowest BCUT2D eigenvalue weighted by Crippen LogP contribution is -2.44. The maximum absolute atomic E-state index is 6.03. The molecule has 0 aromatic carbocycles. The van der Waals surface area contributed by atoms with Crippen molar-refractivity contribution >= 4 is 29.9 Å². The number of guanidine groups is 1. The Hall–Kier alpha value is -0.0400. The molecule has 1 aliphatic heterocycles. The summed E-state index contributed by atoms with van der Waals surface area (Å²) < 4.78 is 5.32. The van der Waals surface area contributed by atoms with E-state index in [9.17, 15) is 0 Å². The van der Waals surface area contributed by atoms with Crippen LogP contribution in [0.15, 0.2) is 4.99 Å². The first-order valence-electron chi connectivity index (χ1n) is 7.45. The van der Waals surface area contributed by atoms with Crippen LogP contribution in [-0.2, 0) is 4.74 Å². The minimum absolute atomic E-state index is 0. The highest BCUT2D eigenvalue weighted by Crippen LogP contribution is 2.49. The molecule has 1 saturated heterocycles. The Morgan fingerprint density at radius 3 is 2.63 bits per heavy atom. The van der Waals surface area contributed by atoms with E-state index < -0.39 is 0 Å². The van der Waals surface area contributed by atoms with Gasteiger partial charge in [0.25, 0.3) is 0 Å². The van der Waals surface area contributed by atoms with E-state index in [0.717, 1.165) is 56.6 Å². The zero-order chi connectivity index (χ0) is 12.4. The fraction of sp³-hybridized carbons (Fsp3) is 0.929. The summed E-state index contributed by atoms with van der Waals surface area (Å²) in [5, 5.41) is 0. The molecule has 110 valence electrons. The average molecular weight is 379 g/mol. The molecule has 2 N–H and O–H groups in total. The molecule has 2 aliphatic carbocycles. The van der Waals surface area contributed by atoms with Gasteiger partial charge in [-0.3, -0.25) is 4.99 Å². The molecule has 5 heteroatoms. The third-order valence-corrected chi connectivity index (χ3v) is 4.99. The maximum Gasteiger partial charge on any atom is 0.191 e. The van der Waals surface area contributed by atoms with E-state index in [1.165, 1.54) is 32.1 Å². The second-order valence-corrected chi connectivity index (χ2v) is 6.06. The quantitative estimate of drug-likeness (QED) is 0.464. The number of nitrogens with two attached hydrogens (primary N) is 1. The van der Waals surface area contributed by atoms with Crippen molar-refractivity contribution in [1.29, 1.82) is 0 Å². The van der Waals surface area contributed by atoms with Crippen LogP contribution in [-0.4, -0.2) is 43.7 Å². The summed E-state index contributed by atoms with van der Waals surface area (Å²) in [4.78, 5) is 6.70. The summed E-state index contributed by atoms with van der Waals surface area (Å²) in [5.41, 5.74) is 6.03. The Morgan fingerprint density at radius 1 is 1.21 bits per heavy atom. The van der Waals surface area contributed by atoms with Gasteiger partial charge in [0.15, 0.2) is 5.96 Å². The second kappa shape index (κ2) is 7.11. The minimum Gasteiger partial charge on any atom is -0.378 e. The number of fused-ring (bicyclic) bond motifs is 2. The first-order valence-corrected chi connectivity index (χ1v) is 7.45. The Balaban J connectivity index is 0.00000133. The van der Waals surface area contributed by atoms with Gasteiger partial charge in [-0.05, 0) is 43.4 Å². The SMILES string of the molecule is I.NC(=NCCC1CC2CCC1C2)N1CCOCC1. The number of ether oxygens (including phenoxy) is 1. The lowest BCUT2D eigenvalue weighted by Gasteiger charge is -2.27. The van der Waals surface area contributed by atoms with Crippen LogP contribution in [0.25, 0.3) is 0 Å². The zero-order valence-corrected chi connectivity index (χ0v) is 13.9. The molecule has 2 bridgehead atoms. The number of nitrogens with zero attached hydrogens (tertiary/aromatic N) is 2. The van der Waals surface area contributed by atoms with Crippen molar-refractivity contribution in [3.05, 3.63) is 0 Å². The van der Waals surface area contributed by atoms with Gasteiger partial charge in [0.2, 0.25) is 0 Å². The molecular formula is C14H26IN3O.